The van der Waals surface area contributed by atoms with Crippen molar-refractivity contribution >= 4 is 5.91 Å². The normalized spacial score (nSPS) is 25.4. The number of hydrogen-bond donors (Lipinski definition) is 3. The number of aliphatic hydroxyl groups excluding tert-OH is 1. The molecule has 1 aliphatic carbocycles. The van der Waals surface area contributed by atoms with E-state index in [2.05, 4.69) is 10.6 Å². The molecule has 0 heterocycles. The molecule has 0 atom stereocenters. The predicted molar refractivity (Wildman–Crippen MR) is 64.1 cm³/mol. The van der Waals surface area contributed by atoms with E-state index >= 15 is 0 Å². The van der Waals surface area contributed by atoms with Gasteiger partial charge < -0.3 is 15.7 Å². The van der Waals surface area contributed by atoms with Gasteiger partial charge in [-0.15, -0.1) is 0 Å². The molecule has 0 radical (unpaired) electrons. The molecule has 0 bridgehead atoms. The van der Waals surface area contributed by atoms with Gasteiger partial charge in [0.1, 0.15) is 0 Å². The van der Waals surface area contributed by atoms with E-state index in [1.165, 1.54) is 0 Å². The summed E-state index contributed by atoms with van der Waals surface area (Å²) in [5.74, 6) is 0.708. The lowest BCUT2D eigenvalue weighted by molar-refractivity contribution is -0.120. The number of amides is 1. The minimum atomic E-state index is -0.0934. The summed E-state index contributed by atoms with van der Waals surface area (Å²) in [6, 6.07) is 0. The highest BCUT2D eigenvalue weighted by atomic mass is 16.3. The molecule has 1 rings (SSSR count). The zero-order valence-electron chi connectivity index (χ0n) is 10.2. The lowest BCUT2D eigenvalue weighted by atomic mass is 9.87. The summed E-state index contributed by atoms with van der Waals surface area (Å²) in [6.07, 6.45) is 4.86. The molecule has 1 fully saturated rings. The van der Waals surface area contributed by atoms with Gasteiger partial charge in [0, 0.05) is 6.54 Å². The highest BCUT2D eigenvalue weighted by Crippen LogP contribution is 2.23. The molecule has 4 heteroatoms. The van der Waals surface area contributed by atoms with Crippen LogP contribution in [0.3, 0.4) is 0 Å². The van der Waals surface area contributed by atoms with E-state index in [4.69, 9.17) is 0 Å². The lowest BCUT2D eigenvalue weighted by Crippen LogP contribution is -2.37. The van der Waals surface area contributed by atoms with E-state index in [1.807, 2.05) is 6.92 Å². The largest absolute Gasteiger partial charge is 0.393 e. The summed E-state index contributed by atoms with van der Waals surface area (Å²) < 4.78 is 0. The maximum absolute atomic E-state index is 11.3. The second kappa shape index (κ2) is 7.63. The molecule has 0 unspecified atom stereocenters. The van der Waals surface area contributed by atoms with Crippen LogP contribution in [-0.2, 0) is 4.79 Å². The monoisotopic (exact) mass is 228 g/mol. The van der Waals surface area contributed by atoms with Crippen LogP contribution in [0, 0.1) is 5.92 Å². The van der Waals surface area contributed by atoms with Gasteiger partial charge in [-0.1, -0.05) is 6.92 Å². The number of nitrogens with one attached hydrogen (secondary N) is 2. The van der Waals surface area contributed by atoms with Crippen molar-refractivity contribution in [3.63, 3.8) is 0 Å². The third kappa shape index (κ3) is 5.47. The molecule has 1 amide bonds. The third-order valence-corrected chi connectivity index (χ3v) is 3.11. The Morgan fingerprint density at radius 2 is 2.00 bits per heavy atom. The second-order valence-corrected chi connectivity index (χ2v) is 4.66. The molecule has 3 N–H and O–H groups in total. The Hall–Kier alpha value is -0.610. The topological polar surface area (TPSA) is 61.4 Å². The van der Waals surface area contributed by atoms with Crippen LogP contribution >= 0.6 is 0 Å². The number of carbonyl (C=O) groups is 1. The van der Waals surface area contributed by atoms with E-state index in [-0.39, 0.29) is 12.0 Å². The van der Waals surface area contributed by atoms with Crippen molar-refractivity contribution in [3.8, 4) is 0 Å². The molecule has 1 saturated carbocycles. The van der Waals surface area contributed by atoms with Gasteiger partial charge in [0.25, 0.3) is 0 Å². The number of hydrogen-bond acceptors (Lipinski definition) is 3. The number of aliphatic hydroxyl groups is 1. The fourth-order valence-corrected chi connectivity index (χ4v) is 2.07. The average Bonchev–Trinajstić information content (AvgIpc) is 2.29. The van der Waals surface area contributed by atoms with Gasteiger partial charge in [-0.25, -0.2) is 0 Å². The van der Waals surface area contributed by atoms with Crippen LogP contribution in [0.15, 0.2) is 0 Å². The molecular weight excluding hydrogens is 204 g/mol. The smallest absolute Gasteiger partial charge is 0.233 e. The van der Waals surface area contributed by atoms with Crippen LogP contribution in [0.2, 0.25) is 0 Å². The van der Waals surface area contributed by atoms with Crippen LogP contribution in [0.4, 0.5) is 0 Å². The summed E-state index contributed by atoms with van der Waals surface area (Å²) in [5, 5.41) is 15.4. The maximum Gasteiger partial charge on any atom is 0.233 e. The SMILES string of the molecule is CCCNC(=O)CNCC1CCC(O)CC1. The molecule has 0 aromatic rings. The second-order valence-electron chi connectivity index (χ2n) is 4.66. The maximum atomic E-state index is 11.3. The number of rotatable bonds is 6. The third-order valence-electron chi connectivity index (χ3n) is 3.11. The van der Waals surface area contributed by atoms with Crippen molar-refractivity contribution in [2.24, 2.45) is 5.92 Å². The van der Waals surface area contributed by atoms with Crippen molar-refractivity contribution < 1.29 is 9.90 Å². The first-order valence-electron chi connectivity index (χ1n) is 6.37. The highest BCUT2D eigenvalue weighted by molar-refractivity contribution is 5.77. The van der Waals surface area contributed by atoms with Gasteiger partial charge >= 0.3 is 0 Å². The summed E-state index contributed by atoms with van der Waals surface area (Å²) in [7, 11) is 0. The quantitative estimate of drug-likeness (QED) is 0.625. The van der Waals surface area contributed by atoms with Gasteiger partial charge in [0.15, 0.2) is 0 Å². The van der Waals surface area contributed by atoms with Crippen molar-refractivity contribution in [3.05, 3.63) is 0 Å². The van der Waals surface area contributed by atoms with Gasteiger partial charge in [0.05, 0.1) is 12.6 Å². The highest BCUT2D eigenvalue weighted by Gasteiger charge is 2.18. The first kappa shape index (κ1) is 13.5. The van der Waals surface area contributed by atoms with Crippen molar-refractivity contribution in [1.82, 2.24) is 10.6 Å². The first-order chi connectivity index (χ1) is 7.72. The molecule has 0 aromatic heterocycles. The first-order valence-corrected chi connectivity index (χ1v) is 6.37. The minimum Gasteiger partial charge on any atom is -0.393 e. The van der Waals surface area contributed by atoms with E-state index in [0.29, 0.717) is 12.5 Å². The van der Waals surface area contributed by atoms with Crippen LogP contribution in [0.25, 0.3) is 0 Å². The van der Waals surface area contributed by atoms with Crippen molar-refractivity contribution in [2.45, 2.75) is 45.1 Å². The minimum absolute atomic E-state index is 0.0812. The van der Waals surface area contributed by atoms with E-state index in [9.17, 15) is 9.90 Å². The standard InChI is InChI=1S/C12H24N2O2/c1-2-7-14-12(16)9-13-8-10-3-5-11(15)6-4-10/h10-11,13,15H,2-9H2,1H3,(H,14,16). The Kier molecular flexibility index (Phi) is 6.42. The Morgan fingerprint density at radius 1 is 1.31 bits per heavy atom. The summed E-state index contributed by atoms with van der Waals surface area (Å²) in [6.45, 7) is 4.11. The molecule has 94 valence electrons. The molecular formula is C12H24N2O2. The zero-order valence-corrected chi connectivity index (χ0v) is 10.2. The summed E-state index contributed by atoms with van der Waals surface area (Å²) >= 11 is 0. The van der Waals surface area contributed by atoms with Gasteiger partial charge in [0.2, 0.25) is 5.91 Å². The van der Waals surface area contributed by atoms with Gasteiger partial charge in [-0.2, -0.15) is 0 Å². The van der Waals surface area contributed by atoms with Crippen molar-refractivity contribution in [2.75, 3.05) is 19.6 Å². The Bertz CT molecular complexity index is 201. The molecule has 16 heavy (non-hydrogen) atoms. The average molecular weight is 228 g/mol. The summed E-state index contributed by atoms with van der Waals surface area (Å²) in [4.78, 5) is 11.3. The molecule has 0 spiro atoms. The Balaban J connectivity index is 2.00. The van der Waals surface area contributed by atoms with Crippen LogP contribution < -0.4 is 10.6 Å². The number of carbonyl (C=O) groups excluding carboxylic acids is 1. The van der Waals surface area contributed by atoms with Crippen LogP contribution in [-0.4, -0.2) is 36.8 Å². The fourth-order valence-electron chi connectivity index (χ4n) is 2.07. The van der Waals surface area contributed by atoms with E-state index < -0.39 is 0 Å². The predicted octanol–water partition coefficient (Wildman–Crippen LogP) is 0.653. The molecule has 4 nitrogen and oxygen atoms in total. The van der Waals surface area contributed by atoms with Crippen molar-refractivity contribution in [1.29, 1.82) is 0 Å². The molecule has 0 aliphatic heterocycles. The molecule has 0 aromatic carbocycles. The molecule has 0 saturated heterocycles. The summed E-state index contributed by atoms with van der Waals surface area (Å²) in [5.41, 5.74) is 0. The Labute approximate surface area is 97.8 Å². The van der Waals surface area contributed by atoms with Crippen LogP contribution in [0.5, 0.6) is 0 Å². The Morgan fingerprint density at radius 3 is 2.62 bits per heavy atom. The fraction of sp³-hybridized carbons (Fsp3) is 0.917. The van der Waals surface area contributed by atoms with Gasteiger partial charge in [-0.05, 0) is 44.6 Å². The van der Waals surface area contributed by atoms with Crippen LogP contribution in [0.1, 0.15) is 39.0 Å². The van der Waals surface area contributed by atoms with E-state index in [0.717, 1.165) is 45.2 Å². The zero-order chi connectivity index (χ0) is 11.8. The lowest BCUT2D eigenvalue weighted by Gasteiger charge is -2.25. The van der Waals surface area contributed by atoms with E-state index in [1.54, 1.807) is 0 Å². The molecule has 1 aliphatic rings. The van der Waals surface area contributed by atoms with Gasteiger partial charge in [-0.3, -0.25) is 4.79 Å².